The molecule has 6 rings (SSSR count). The average molecular weight is 432 g/mol. The van der Waals surface area contributed by atoms with E-state index in [-0.39, 0.29) is 23.2 Å². The van der Waals surface area contributed by atoms with E-state index in [9.17, 15) is 14.7 Å². The van der Waals surface area contributed by atoms with Crippen LogP contribution in [0.4, 0.5) is 5.69 Å². The van der Waals surface area contributed by atoms with Crippen LogP contribution in [0.2, 0.25) is 0 Å². The number of ether oxygens (including phenoxy) is 1. The summed E-state index contributed by atoms with van der Waals surface area (Å²) in [5.41, 5.74) is 1.98. The van der Waals surface area contributed by atoms with E-state index >= 15 is 0 Å². The summed E-state index contributed by atoms with van der Waals surface area (Å²) in [6.45, 7) is 6.52. The lowest BCUT2D eigenvalue weighted by molar-refractivity contribution is -0.152. The summed E-state index contributed by atoms with van der Waals surface area (Å²) in [6, 6.07) is 15.3. The molecular weight excluding hydrogens is 402 g/mol. The van der Waals surface area contributed by atoms with Gasteiger partial charge in [0.15, 0.2) is 0 Å². The number of carboxylic acid groups (broad SMARTS) is 1. The molecule has 166 valence electrons. The van der Waals surface area contributed by atoms with E-state index in [1.165, 1.54) is 5.56 Å². The zero-order valence-electron chi connectivity index (χ0n) is 18.6. The van der Waals surface area contributed by atoms with Crippen molar-refractivity contribution < 1.29 is 19.4 Å². The highest BCUT2D eigenvalue weighted by Gasteiger charge is 2.62. The van der Waals surface area contributed by atoms with Crippen LogP contribution >= 0.6 is 0 Å². The number of fused-ring (bicyclic) bond motifs is 1. The minimum absolute atomic E-state index is 0.0151. The Labute approximate surface area is 188 Å². The zero-order chi connectivity index (χ0) is 22.6. The van der Waals surface area contributed by atoms with E-state index in [1.807, 2.05) is 30.3 Å². The number of amides is 1. The summed E-state index contributed by atoms with van der Waals surface area (Å²) in [5, 5.41) is 12.7. The number of nitrogens with one attached hydrogen (secondary N) is 1. The van der Waals surface area contributed by atoms with Crippen molar-refractivity contribution in [2.75, 3.05) is 5.32 Å². The van der Waals surface area contributed by atoms with Crippen LogP contribution in [0.25, 0.3) is 0 Å². The number of carbonyl (C=O) groups excluding carboxylic acids is 1. The first kappa shape index (κ1) is 20.8. The van der Waals surface area contributed by atoms with Crippen LogP contribution in [0.5, 0.6) is 11.5 Å². The fourth-order valence-corrected chi connectivity index (χ4v) is 5.56. The molecule has 2 bridgehead atoms. The molecule has 0 radical (unpaired) electrons. The van der Waals surface area contributed by atoms with Crippen molar-refractivity contribution in [3.63, 3.8) is 0 Å². The molecular formula is C27H29NO4. The minimum atomic E-state index is -0.865. The van der Waals surface area contributed by atoms with Gasteiger partial charge in [-0.15, -0.1) is 0 Å². The third-order valence-electron chi connectivity index (χ3n) is 7.32. The molecule has 2 aromatic rings. The van der Waals surface area contributed by atoms with Gasteiger partial charge >= 0.3 is 5.97 Å². The van der Waals surface area contributed by atoms with Crippen LogP contribution in [0.15, 0.2) is 60.7 Å². The number of hydrogen-bond donors (Lipinski definition) is 2. The fourth-order valence-electron chi connectivity index (χ4n) is 5.56. The molecule has 2 N–H and O–H groups in total. The van der Waals surface area contributed by atoms with Gasteiger partial charge in [0.2, 0.25) is 5.91 Å². The molecule has 4 aliphatic carbocycles. The van der Waals surface area contributed by atoms with Crippen LogP contribution in [0.1, 0.15) is 32.8 Å². The van der Waals surface area contributed by atoms with Crippen LogP contribution in [0, 0.1) is 35.5 Å². The molecule has 0 spiro atoms. The van der Waals surface area contributed by atoms with E-state index in [0.717, 1.165) is 12.2 Å². The second-order valence-corrected chi connectivity index (χ2v) is 10.4. The van der Waals surface area contributed by atoms with Gasteiger partial charge in [-0.2, -0.15) is 0 Å². The Morgan fingerprint density at radius 1 is 0.875 bits per heavy atom. The number of carboxylic acids is 1. The molecule has 1 amide bonds. The molecule has 0 aromatic heterocycles. The van der Waals surface area contributed by atoms with Crippen molar-refractivity contribution >= 4 is 17.6 Å². The molecule has 2 fully saturated rings. The van der Waals surface area contributed by atoms with E-state index in [4.69, 9.17) is 4.74 Å². The average Bonchev–Trinajstić information content (AvgIpc) is 3.57. The highest BCUT2D eigenvalue weighted by molar-refractivity contribution is 5.96. The van der Waals surface area contributed by atoms with E-state index in [2.05, 4.69) is 44.3 Å². The van der Waals surface area contributed by atoms with Gasteiger partial charge < -0.3 is 15.2 Å². The van der Waals surface area contributed by atoms with Crippen LogP contribution in [0.3, 0.4) is 0 Å². The summed E-state index contributed by atoms with van der Waals surface area (Å²) in [4.78, 5) is 25.0. The Hall–Kier alpha value is -3.08. The highest BCUT2D eigenvalue weighted by atomic mass is 16.5. The van der Waals surface area contributed by atoms with Gasteiger partial charge in [-0.1, -0.05) is 45.1 Å². The molecule has 5 nitrogen and oxygen atoms in total. The monoisotopic (exact) mass is 431 g/mol. The predicted molar refractivity (Wildman–Crippen MR) is 123 cm³/mol. The summed E-state index contributed by atoms with van der Waals surface area (Å²) >= 11 is 0. The van der Waals surface area contributed by atoms with Crippen LogP contribution < -0.4 is 10.1 Å². The number of carbonyl (C=O) groups is 2. The molecule has 2 saturated carbocycles. The van der Waals surface area contributed by atoms with Crippen LogP contribution in [-0.2, 0) is 15.0 Å². The SMILES string of the molecule is CC(C)(C)c1ccc(Oc2ccc(NC(=O)[C@@H]3[C@H]4C=C[C@@H]([C@@H]5C[C@@H]45)[C@H]3C(=O)O)cc2)cc1. The lowest BCUT2D eigenvalue weighted by Crippen LogP contribution is -2.48. The first-order valence-electron chi connectivity index (χ1n) is 11.3. The van der Waals surface area contributed by atoms with Gasteiger partial charge in [0.1, 0.15) is 11.5 Å². The predicted octanol–water partition coefficient (Wildman–Crippen LogP) is 5.48. The molecule has 6 atom stereocenters. The molecule has 5 heteroatoms. The number of anilines is 1. The maximum Gasteiger partial charge on any atom is 0.307 e. The fraction of sp³-hybridized carbons (Fsp3) is 0.407. The number of rotatable bonds is 5. The number of benzene rings is 2. The summed E-state index contributed by atoms with van der Waals surface area (Å²) < 4.78 is 5.93. The quantitative estimate of drug-likeness (QED) is 0.615. The van der Waals surface area contributed by atoms with Gasteiger partial charge in [-0.25, -0.2) is 0 Å². The van der Waals surface area contributed by atoms with Gasteiger partial charge in [-0.05, 0) is 77.5 Å². The molecule has 32 heavy (non-hydrogen) atoms. The molecule has 4 aliphatic rings. The Morgan fingerprint density at radius 2 is 1.41 bits per heavy atom. The Kier molecular flexibility index (Phi) is 4.88. The number of allylic oxidation sites excluding steroid dienone is 2. The molecule has 0 heterocycles. The maximum absolute atomic E-state index is 13.1. The topological polar surface area (TPSA) is 75.6 Å². The summed E-state index contributed by atoms with van der Waals surface area (Å²) in [6.07, 6.45) is 5.14. The third kappa shape index (κ3) is 3.70. The van der Waals surface area contributed by atoms with Crippen LogP contribution in [-0.4, -0.2) is 17.0 Å². The van der Waals surface area contributed by atoms with Crippen molar-refractivity contribution in [3.8, 4) is 11.5 Å². The van der Waals surface area contributed by atoms with Crippen molar-refractivity contribution in [3.05, 3.63) is 66.2 Å². The van der Waals surface area contributed by atoms with Crippen molar-refractivity contribution in [1.82, 2.24) is 0 Å². The van der Waals surface area contributed by atoms with Gasteiger partial charge in [0.25, 0.3) is 0 Å². The zero-order valence-corrected chi connectivity index (χ0v) is 18.6. The lowest BCUT2D eigenvalue weighted by Gasteiger charge is -2.41. The van der Waals surface area contributed by atoms with Crippen molar-refractivity contribution in [2.45, 2.75) is 32.6 Å². The maximum atomic E-state index is 13.1. The smallest absolute Gasteiger partial charge is 0.307 e. The van der Waals surface area contributed by atoms with E-state index in [0.29, 0.717) is 23.3 Å². The number of aliphatic carboxylic acids is 1. The second kappa shape index (κ2) is 7.51. The highest BCUT2D eigenvalue weighted by Crippen LogP contribution is 2.63. The van der Waals surface area contributed by atoms with E-state index < -0.39 is 17.8 Å². The van der Waals surface area contributed by atoms with Gasteiger partial charge in [0, 0.05) is 5.69 Å². The summed E-state index contributed by atoms with van der Waals surface area (Å²) in [5.74, 6) is 0.156. The van der Waals surface area contributed by atoms with Crippen molar-refractivity contribution in [1.29, 1.82) is 0 Å². The van der Waals surface area contributed by atoms with Gasteiger partial charge in [0.05, 0.1) is 11.8 Å². The number of hydrogen-bond acceptors (Lipinski definition) is 3. The molecule has 2 aromatic carbocycles. The Balaban J connectivity index is 1.25. The Morgan fingerprint density at radius 3 is 1.94 bits per heavy atom. The minimum Gasteiger partial charge on any atom is -0.481 e. The molecule has 0 saturated heterocycles. The Bertz CT molecular complexity index is 1060. The van der Waals surface area contributed by atoms with Gasteiger partial charge in [-0.3, -0.25) is 9.59 Å². The molecule has 0 aliphatic heterocycles. The first-order chi connectivity index (χ1) is 15.2. The normalized spacial score (nSPS) is 29.8. The van der Waals surface area contributed by atoms with Crippen molar-refractivity contribution in [2.24, 2.45) is 35.5 Å². The van der Waals surface area contributed by atoms with E-state index in [1.54, 1.807) is 12.1 Å². The second-order valence-electron chi connectivity index (χ2n) is 10.4. The summed E-state index contributed by atoms with van der Waals surface area (Å²) in [7, 11) is 0. The first-order valence-corrected chi connectivity index (χ1v) is 11.3. The molecule has 0 unspecified atom stereocenters. The largest absolute Gasteiger partial charge is 0.481 e. The third-order valence-corrected chi connectivity index (χ3v) is 7.32. The lowest BCUT2D eigenvalue weighted by atomic mass is 9.62. The standard InChI is InChI=1S/C27H29NO4/c1-27(2,3)15-4-8-17(9-5-15)32-18-10-6-16(7-11-18)28-25(29)23-19-12-13-20(22-14-21(19)22)24(23)26(30)31/h4-13,19-24H,14H2,1-3H3,(H,28,29)(H,30,31)/t19-,20-,21-,22-,23+,24+/m0/s1.